The molecule has 1 saturated heterocycles. The van der Waals surface area contributed by atoms with E-state index in [-0.39, 0.29) is 22.5 Å². The van der Waals surface area contributed by atoms with Gasteiger partial charge in [-0.3, -0.25) is 14.5 Å². The summed E-state index contributed by atoms with van der Waals surface area (Å²) in [6, 6.07) is 17.5. The summed E-state index contributed by atoms with van der Waals surface area (Å²) in [6.07, 6.45) is 0. The lowest BCUT2D eigenvalue weighted by Crippen LogP contribution is -2.29. The molecule has 0 aromatic heterocycles. The van der Waals surface area contributed by atoms with Crippen LogP contribution < -0.4 is 19.3 Å². The second kappa shape index (κ2) is 11.9. The maximum absolute atomic E-state index is 13.6. The van der Waals surface area contributed by atoms with E-state index >= 15 is 0 Å². The first-order chi connectivity index (χ1) is 19.2. The molecule has 1 aliphatic rings. The number of amides is 1. The number of nitrogens with zero attached hydrogens (tertiary/aromatic N) is 2. The van der Waals surface area contributed by atoms with Crippen molar-refractivity contribution in [3.63, 3.8) is 0 Å². The zero-order valence-electron chi connectivity index (χ0n) is 23.1. The Morgan fingerprint density at radius 2 is 1.65 bits per heavy atom. The third kappa shape index (κ3) is 5.36. The first-order valence-electron chi connectivity index (χ1n) is 12.9. The summed E-state index contributed by atoms with van der Waals surface area (Å²) in [5.74, 6) is -1.81. The van der Waals surface area contributed by atoms with Crippen LogP contribution in [-0.4, -0.2) is 57.2 Å². The number of anilines is 2. The quantitative estimate of drug-likeness (QED) is 0.174. The Kier molecular flexibility index (Phi) is 8.43. The van der Waals surface area contributed by atoms with E-state index in [0.717, 1.165) is 5.69 Å². The molecule has 9 heteroatoms. The molecule has 0 radical (unpaired) electrons. The second-order valence-electron chi connectivity index (χ2n) is 9.22. The molecule has 1 fully saturated rings. The Labute approximate surface area is 233 Å². The Morgan fingerprint density at radius 1 is 0.950 bits per heavy atom. The van der Waals surface area contributed by atoms with Crippen molar-refractivity contribution in [2.75, 3.05) is 44.2 Å². The van der Waals surface area contributed by atoms with Crippen molar-refractivity contribution in [2.45, 2.75) is 19.9 Å². The van der Waals surface area contributed by atoms with Crippen molar-refractivity contribution in [2.24, 2.45) is 0 Å². The number of ether oxygens (including phenoxy) is 3. The van der Waals surface area contributed by atoms with Gasteiger partial charge in [0.15, 0.2) is 0 Å². The van der Waals surface area contributed by atoms with Crippen molar-refractivity contribution in [3.8, 4) is 11.5 Å². The number of benzene rings is 3. The number of carbonyl (C=O) groups is 3. The lowest BCUT2D eigenvalue weighted by molar-refractivity contribution is -0.132. The lowest BCUT2D eigenvalue weighted by Gasteiger charge is -2.26. The molecule has 1 N–H and O–H groups in total. The third-order valence-electron chi connectivity index (χ3n) is 6.53. The summed E-state index contributed by atoms with van der Waals surface area (Å²) in [4.78, 5) is 42.6. The van der Waals surface area contributed by atoms with Crippen LogP contribution in [-0.2, 0) is 14.3 Å². The normalized spacial score (nSPS) is 16.1. The summed E-state index contributed by atoms with van der Waals surface area (Å²) < 4.78 is 16.2. The second-order valence-corrected chi connectivity index (χ2v) is 9.22. The molecule has 0 aliphatic carbocycles. The SMILES string of the molecule is CCOc1ccc(/C(O)=C2/C(=O)C(=O)N(c3cccc(C(=O)OC)c3)C2c2ccc(N(C)C)cc2)c(OCC)c1. The molecule has 9 nitrogen and oxygen atoms in total. The van der Waals surface area contributed by atoms with Crippen LogP contribution in [0.5, 0.6) is 11.5 Å². The van der Waals surface area contributed by atoms with Crippen molar-refractivity contribution in [1.82, 2.24) is 0 Å². The largest absolute Gasteiger partial charge is 0.507 e. The average molecular weight is 545 g/mol. The number of carbonyl (C=O) groups excluding carboxylic acids is 3. The molecule has 0 spiro atoms. The summed E-state index contributed by atoms with van der Waals surface area (Å²) in [6.45, 7) is 4.40. The fourth-order valence-electron chi connectivity index (χ4n) is 4.64. The van der Waals surface area contributed by atoms with Gasteiger partial charge in [-0.1, -0.05) is 18.2 Å². The van der Waals surface area contributed by atoms with E-state index in [1.54, 1.807) is 55.5 Å². The monoisotopic (exact) mass is 544 g/mol. The van der Waals surface area contributed by atoms with Crippen LogP contribution in [0.15, 0.2) is 72.3 Å². The summed E-state index contributed by atoms with van der Waals surface area (Å²) >= 11 is 0. The van der Waals surface area contributed by atoms with Crippen LogP contribution in [0.1, 0.15) is 41.4 Å². The van der Waals surface area contributed by atoms with Crippen molar-refractivity contribution < 1.29 is 33.7 Å². The molecule has 0 saturated carbocycles. The molecule has 1 amide bonds. The highest BCUT2D eigenvalue weighted by atomic mass is 16.5. The van der Waals surface area contributed by atoms with Crippen LogP contribution in [0, 0.1) is 0 Å². The summed E-state index contributed by atoms with van der Waals surface area (Å²) in [5, 5.41) is 11.6. The highest BCUT2D eigenvalue weighted by molar-refractivity contribution is 6.51. The fraction of sp³-hybridized carbons (Fsp3) is 0.258. The minimum atomic E-state index is -0.981. The first kappa shape index (κ1) is 28.2. The molecular formula is C31H32N2O7. The van der Waals surface area contributed by atoms with Crippen LogP contribution in [0.3, 0.4) is 0 Å². The van der Waals surface area contributed by atoms with Gasteiger partial charge in [0.2, 0.25) is 0 Å². The van der Waals surface area contributed by atoms with Crippen LogP contribution in [0.4, 0.5) is 11.4 Å². The van der Waals surface area contributed by atoms with E-state index in [2.05, 4.69) is 0 Å². The molecule has 3 aromatic rings. The smallest absolute Gasteiger partial charge is 0.337 e. The molecule has 3 aromatic carbocycles. The van der Waals surface area contributed by atoms with E-state index in [9.17, 15) is 19.5 Å². The number of aliphatic hydroxyl groups is 1. The lowest BCUT2D eigenvalue weighted by atomic mass is 9.94. The standard InChI is InChI=1S/C31H32N2O7/c1-6-39-23-15-16-24(25(18-23)40-7-2)28(34)26-27(19-11-13-21(14-12-19)32(3)4)33(30(36)29(26)35)22-10-8-9-20(17-22)31(37)38-5/h8-18,27,34H,6-7H2,1-5H3/b28-26-. The third-order valence-corrected chi connectivity index (χ3v) is 6.53. The molecule has 0 bridgehead atoms. The number of aliphatic hydroxyl groups excluding tert-OH is 1. The van der Waals surface area contributed by atoms with Crippen molar-refractivity contribution in [3.05, 3.63) is 89.0 Å². The van der Waals surface area contributed by atoms with E-state index < -0.39 is 23.7 Å². The van der Waals surface area contributed by atoms with E-state index in [1.165, 1.54) is 18.1 Å². The number of hydrogen-bond acceptors (Lipinski definition) is 8. The Hall–Kier alpha value is -4.79. The molecule has 1 heterocycles. The van der Waals surface area contributed by atoms with E-state index in [1.807, 2.05) is 38.1 Å². The maximum Gasteiger partial charge on any atom is 0.337 e. The zero-order chi connectivity index (χ0) is 29.0. The van der Waals surface area contributed by atoms with E-state index in [0.29, 0.717) is 36.0 Å². The van der Waals surface area contributed by atoms with Crippen molar-refractivity contribution >= 4 is 34.8 Å². The van der Waals surface area contributed by atoms with E-state index in [4.69, 9.17) is 14.2 Å². The highest BCUT2D eigenvalue weighted by Gasteiger charge is 2.47. The number of Topliss-reactive ketones (excluding diaryl/α,β-unsaturated/α-hetero) is 1. The number of rotatable bonds is 9. The van der Waals surface area contributed by atoms with Gasteiger partial charge in [-0.2, -0.15) is 0 Å². The number of hydrogen-bond donors (Lipinski definition) is 1. The molecule has 4 rings (SSSR count). The molecule has 40 heavy (non-hydrogen) atoms. The minimum Gasteiger partial charge on any atom is -0.507 e. The van der Waals surface area contributed by atoms with Gasteiger partial charge in [-0.25, -0.2) is 4.79 Å². The summed E-state index contributed by atoms with van der Waals surface area (Å²) in [5.41, 5.74) is 2.19. The van der Waals surface area contributed by atoms with Gasteiger partial charge < -0.3 is 24.2 Å². The highest BCUT2D eigenvalue weighted by Crippen LogP contribution is 2.44. The number of ketones is 1. The molecular weight excluding hydrogens is 512 g/mol. The first-order valence-corrected chi connectivity index (χ1v) is 12.9. The molecule has 1 unspecified atom stereocenters. The van der Waals surface area contributed by atoms with Gasteiger partial charge in [0.25, 0.3) is 11.7 Å². The molecule has 208 valence electrons. The summed E-state index contributed by atoms with van der Waals surface area (Å²) in [7, 11) is 5.07. The Morgan fingerprint density at radius 3 is 2.27 bits per heavy atom. The van der Waals surface area contributed by atoms with Crippen LogP contribution >= 0.6 is 0 Å². The van der Waals surface area contributed by atoms with Gasteiger partial charge >= 0.3 is 5.97 Å². The molecule has 1 atom stereocenters. The van der Waals surface area contributed by atoms with Crippen LogP contribution in [0.2, 0.25) is 0 Å². The molecule has 1 aliphatic heterocycles. The van der Waals surface area contributed by atoms with Gasteiger partial charge in [-0.15, -0.1) is 0 Å². The van der Waals surface area contributed by atoms with Gasteiger partial charge in [0, 0.05) is 31.5 Å². The van der Waals surface area contributed by atoms with Gasteiger partial charge in [-0.05, 0) is 61.9 Å². The Bertz CT molecular complexity index is 1460. The number of methoxy groups -OCH3 is 1. The number of esters is 1. The average Bonchev–Trinajstić information content (AvgIpc) is 3.22. The van der Waals surface area contributed by atoms with Crippen molar-refractivity contribution in [1.29, 1.82) is 0 Å². The minimum absolute atomic E-state index is 0.101. The topological polar surface area (TPSA) is 106 Å². The Balaban J connectivity index is 1.95. The van der Waals surface area contributed by atoms with Gasteiger partial charge in [0.1, 0.15) is 17.3 Å². The zero-order valence-corrected chi connectivity index (χ0v) is 23.1. The van der Waals surface area contributed by atoms with Gasteiger partial charge in [0.05, 0.1) is 43.1 Å². The fourth-order valence-corrected chi connectivity index (χ4v) is 4.64. The maximum atomic E-state index is 13.6. The predicted molar refractivity (Wildman–Crippen MR) is 152 cm³/mol. The van der Waals surface area contributed by atoms with Crippen LogP contribution in [0.25, 0.3) is 5.76 Å². The predicted octanol–water partition coefficient (Wildman–Crippen LogP) is 4.96.